The molecule has 0 bridgehead atoms. The summed E-state index contributed by atoms with van der Waals surface area (Å²) < 4.78 is 15.5. The summed E-state index contributed by atoms with van der Waals surface area (Å²) in [6.07, 6.45) is -0.379. The number of ether oxygens (including phenoxy) is 3. The summed E-state index contributed by atoms with van der Waals surface area (Å²) in [7, 11) is 2.80. The molecule has 8 nitrogen and oxygen atoms in total. The summed E-state index contributed by atoms with van der Waals surface area (Å²) in [5.74, 6) is 0.175. The lowest BCUT2D eigenvalue weighted by molar-refractivity contribution is -0.386. The Balaban J connectivity index is 3.10. The number of rotatable bonds is 8. The van der Waals surface area contributed by atoms with Crippen molar-refractivity contribution in [2.24, 2.45) is 11.7 Å². The second kappa shape index (κ2) is 8.49. The van der Waals surface area contributed by atoms with Crippen LogP contribution in [0.5, 0.6) is 11.5 Å². The number of benzene rings is 1. The molecule has 8 heteroatoms. The fourth-order valence-corrected chi connectivity index (χ4v) is 2.30. The smallest absolute Gasteiger partial charge is 0.323 e. The van der Waals surface area contributed by atoms with Gasteiger partial charge in [-0.2, -0.15) is 0 Å². The normalized spacial score (nSPS) is 13.3. The summed E-state index contributed by atoms with van der Waals surface area (Å²) in [4.78, 5) is 22.8. The highest BCUT2D eigenvalue weighted by Crippen LogP contribution is 2.38. The van der Waals surface area contributed by atoms with E-state index in [4.69, 9.17) is 19.9 Å². The van der Waals surface area contributed by atoms with Crippen LogP contribution in [0.2, 0.25) is 0 Å². The van der Waals surface area contributed by atoms with E-state index in [9.17, 15) is 14.9 Å². The number of hydrogen-bond acceptors (Lipinski definition) is 7. The average molecular weight is 340 g/mol. The molecule has 0 saturated heterocycles. The summed E-state index contributed by atoms with van der Waals surface area (Å²) in [5, 5.41) is 11.3. The topological polar surface area (TPSA) is 114 Å². The Hall–Kier alpha value is -2.35. The largest absolute Gasteiger partial charge is 0.493 e. The van der Waals surface area contributed by atoms with Crippen molar-refractivity contribution in [3.8, 4) is 11.5 Å². The van der Waals surface area contributed by atoms with Crippen LogP contribution in [0.3, 0.4) is 0 Å². The molecular formula is C16H24N2O6. The molecule has 0 aliphatic carbocycles. The van der Waals surface area contributed by atoms with Gasteiger partial charge in [-0.05, 0) is 25.3 Å². The van der Waals surface area contributed by atoms with E-state index in [1.807, 2.05) is 13.8 Å². The highest BCUT2D eigenvalue weighted by molar-refractivity contribution is 5.76. The Labute approximate surface area is 141 Å². The predicted octanol–water partition coefficient (Wildman–Crippen LogP) is 2.59. The Morgan fingerprint density at radius 1 is 1.21 bits per heavy atom. The maximum atomic E-state index is 12.0. The average Bonchev–Trinajstić information content (AvgIpc) is 2.52. The maximum absolute atomic E-state index is 12.0. The molecule has 2 atom stereocenters. The van der Waals surface area contributed by atoms with Crippen LogP contribution in [0.15, 0.2) is 12.1 Å². The summed E-state index contributed by atoms with van der Waals surface area (Å²) in [5.41, 5.74) is 5.78. The van der Waals surface area contributed by atoms with Gasteiger partial charge in [0.1, 0.15) is 12.1 Å². The number of nitro benzene ring substituents is 1. The van der Waals surface area contributed by atoms with Gasteiger partial charge in [0.2, 0.25) is 0 Å². The van der Waals surface area contributed by atoms with Crippen LogP contribution in [0.1, 0.15) is 38.9 Å². The molecule has 0 aliphatic heterocycles. The zero-order chi connectivity index (χ0) is 18.4. The number of carbonyl (C=O) groups excluding carboxylic acids is 1. The van der Waals surface area contributed by atoms with Gasteiger partial charge in [-0.25, -0.2) is 0 Å². The first-order valence-electron chi connectivity index (χ1n) is 7.57. The van der Waals surface area contributed by atoms with Crippen molar-refractivity contribution in [2.45, 2.75) is 39.3 Å². The minimum absolute atomic E-state index is 0.211. The van der Waals surface area contributed by atoms with E-state index in [-0.39, 0.29) is 22.9 Å². The van der Waals surface area contributed by atoms with Gasteiger partial charge in [-0.3, -0.25) is 14.9 Å². The SMILES string of the molecule is COc1cc(C(C)OC(=O)[C@@H](N)CC(C)C)c([N+](=O)[O-])cc1OC. The molecule has 0 saturated carbocycles. The Bertz CT molecular complexity index is 602. The van der Waals surface area contributed by atoms with Crippen molar-refractivity contribution in [3.63, 3.8) is 0 Å². The summed E-state index contributed by atoms with van der Waals surface area (Å²) in [6, 6.07) is 1.90. The maximum Gasteiger partial charge on any atom is 0.323 e. The van der Waals surface area contributed by atoms with E-state index in [2.05, 4.69) is 0 Å². The molecular weight excluding hydrogens is 316 g/mol. The van der Waals surface area contributed by atoms with Crippen LogP contribution in [-0.2, 0) is 9.53 Å². The van der Waals surface area contributed by atoms with Gasteiger partial charge in [0.15, 0.2) is 11.5 Å². The highest BCUT2D eigenvalue weighted by atomic mass is 16.6. The number of nitrogens with two attached hydrogens (primary N) is 1. The monoisotopic (exact) mass is 340 g/mol. The van der Waals surface area contributed by atoms with Gasteiger partial charge < -0.3 is 19.9 Å². The standard InChI is InChI=1S/C16H24N2O6/c1-9(2)6-12(17)16(19)24-10(3)11-7-14(22-4)15(23-5)8-13(11)18(20)21/h7-10,12H,6,17H2,1-5H3/t10?,12-/m0/s1. The van der Waals surface area contributed by atoms with Gasteiger partial charge in [0, 0.05) is 0 Å². The lowest BCUT2D eigenvalue weighted by Gasteiger charge is -2.19. The molecule has 0 radical (unpaired) electrons. The Morgan fingerprint density at radius 2 is 1.75 bits per heavy atom. The molecule has 0 fully saturated rings. The molecule has 1 rings (SSSR count). The third-order valence-corrected chi connectivity index (χ3v) is 3.49. The summed E-state index contributed by atoms with van der Waals surface area (Å²) >= 11 is 0. The van der Waals surface area contributed by atoms with E-state index in [1.165, 1.54) is 26.4 Å². The number of nitro groups is 1. The third-order valence-electron chi connectivity index (χ3n) is 3.49. The first kappa shape index (κ1) is 19.7. The summed E-state index contributed by atoms with van der Waals surface area (Å²) in [6.45, 7) is 5.43. The van der Waals surface area contributed by atoms with Crippen LogP contribution >= 0.6 is 0 Å². The van der Waals surface area contributed by atoms with E-state index in [1.54, 1.807) is 6.92 Å². The lowest BCUT2D eigenvalue weighted by Crippen LogP contribution is -2.34. The number of methoxy groups -OCH3 is 2. The first-order chi connectivity index (χ1) is 11.2. The molecule has 134 valence electrons. The van der Waals surface area contributed by atoms with Crippen LogP contribution < -0.4 is 15.2 Å². The molecule has 0 aliphatic rings. The minimum Gasteiger partial charge on any atom is -0.493 e. The van der Waals surface area contributed by atoms with Crippen molar-refractivity contribution >= 4 is 11.7 Å². The fraction of sp³-hybridized carbons (Fsp3) is 0.562. The van der Waals surface area contributed by atoms with Crippen molar-refractivity contribution < 1.29 is 23.9 Å². The Morgan fingerprint density at radius 3 is 2.21 bits per heavy atom. The van der Waals surface area contributed by atoms with Crippen molar-refractivity contribution in [1.29, 1.82) is 0 Å². The molecule has 24 heavy (non-hydrogen) atoms. The van der Waals surface area contributed by atoms with Crippen molar-refractivity contribution in [1.82, 2.24) is 0 Å². The number of esters is 1. The highest BCUT2D eigenvalue weighted by Gasteiger charge is 2.27. The molecule has 1 aromatic carbocycles. The zero-order valence-corrected chi connectivity index (χ0v) is 14.6. The number of nitrogens with zero attached hydrogens (tertiary/aromatic N) is 1. The lowest BCUT2D eigenvalue weighted by atomic mass is 10.0. The van der Waals surface area contributed by atoms with Crippen LogP contribution in [0.4, 0.5) is 5.69 Å². The first-order valence-corrected chi connectivity index (χ1v) is 7.57. The third kappa shape index (κ3) is 4.82. The van der Waals surface area contributed by atoms with Gasteiger partial charge in [-0.1, -0.05) is 13.8 Å². The molecule has 0 spiro atoms. The van der Waals surface area contributed by atoms with E-state index in [0.717, 1.165) is 0 Å². The number of hydrogen-bond donors (Lipinski definition) is 1. The van der Waals surface area contributed by atoms with E-state index < -0.39 is 23.0 Å². The Kier molecular flexibility index (Phi) is 6.97. The van der Waals surface area contributed by atoms with Crippen molar-refractivity contribution in [3.05, 3.63) is 27.8 Å². The molecule has 1 unspecified atom stereocenters. The van der Waals surface area contributed by atoms with Crippen LogP contribution in [0.25, 0.3) is 0 Å². The second-order valence-electron chi connectivity index (χ2n) is 5.84. The quantitative estimate of drug-likeness (QED) is 0.439. The molecule has 0 aromatic heterocycles. The van der Waals surface area contributed by atoms with Crippen molar-refractivity contribution in [2.75, 3.05) is 14.2 Å². The molecule has 2 N–H and O–H groups in total. The van der Waals surface area contributed by atoms with Gasteiger partial charge in [0.05, 0.1) is 30.8 Å². The van der Waals surface area contributed by atoms with Gasteiger partial charge in [0.25, 0.3) is 5.69 Å². The zero-order valence-electron chi connectivity index (χ0n) is 14.6. The van der Waals surface area contributed by atoms with Gasteiger partial charge in [-0.15, -0.1) is 0 Å². The molecule has 1 aromatic rings. The van der Waals surface area contributed by atoms with Crippen LogP contribution in [0, 0.1) is 16.0 Å². The molecule has 0 amide bonds. The van der Waals surface area contributed by atoms with E-state index in [0.29, 0.717) is 12.2 Å². The van der Waals surface area contributed by atoms with Gasteiger partial charge >= 0.3 is 5.97 Å². The second-order valence-corrected chi connectivity index (χ2v) is 5.84. The minimum atomic E-state index is -0.851. The fourth-order valence-electron chi connectivity index (χ4n) is 2.30. The predicted molar refractivity (Wildman–Crippen MR) is 88.1 cm³/mol. The number of carbonyl (C=O) groups is 1. The molecule has 0 heterocycles. The van der Waals surface area contributed by atoms with Crippen LogP contribution in [-0.4, -0.2) is 31.2 Å². The van der Waals surface area contributed by atoms with E-state index >= 15 is 0 Å².